The molecule has 0 fully saturated rings. The highest BCUT2D eigenvalue weighted by atomic mass is 35.5. The van der Waals surface area contributed by atoms with Crippen molar-refractivity contribution in [2.45, 2.75) is 18.7 Å². The maximum Gasteiger partial charge on any atom is 0.311 e. The van der Waals surface area contributed by atoms with Crippen LogP contribution >= 0.6 is 11.6 Å². The smallest absolute Gasteiger partial charge is 0.311 e. The third-order valence-electron chi connectivity index (χ3n) is 2.12. The molecule has 0 saturated carbocycles. The SMILES string of the molecule is COC(=O)Cc1nc(F)cc(C(F)F)c1CCl. The number of alkyl halides is 3. The molecule has 0 N–H and O–H groups in total. The number of pyridine rings is 1. The molecule has 0 aliphatic heterocycles. The standard InChI is InChI=1S/C10H9ClF3NO2/c1-17-9(16)3-7-6(4-11)5(10(13)14)2-8(12)15-7/h2,10H,3-4H2,1H3. The lowest BCUT2D eigenvalue weighted by atomic mass is 10.1. The van der Waals surface area contributed by atoms with Crippen LogP contribution in [0.3, 0.4) is 0 Å². The Balaban J connectivity index is 3.23. The largest absolute Gasteiger partial charge is 0.469 e. The molecule has 0 aromatic carbocycles. The second-order valence-corrected chi connectivity index (χ2v) is 3.41. The van der Waals surface area contributed by atoms with Crippen LogP contribution in [0.2, 0.25) is 0 Å². The van der Waals surface area contributed by atoms with E-state index in [1.165, 1.54) is 0 Å². The number of aromatic nitrogens is 1. The number of esters is 1. The fourth-order valence-electron chi connectivity index (χ4n) is 1.31. The van der Waals surface area contributed by atoms with Crippen molar-refractivity contribution in [1.82, 2.24) is 4.98 Å². The highest BCUT2D eigenvalue weighted by molar-refractivity contribution is 6.17. The molecule has 3 nitrogen and oxygen atoms in total. The van der Waals surface area contributed by atoms with Gasteiger partial charge >= 0.3 is 5.97 Å². The Morgan fingerprint density at radius 2 is 2.24 bits per heavy atom. The van der Waals surface area contributed by atoms with Gasteiger partial charge in [-0.05, 0) is 5.56 Å². The summed E-state index contributed by atoms with van der Waals surface area (Å²) in [6.45, 7) is 0. The number of carbonyl (C=O) groups excluding carboxylic acids is 1. The van der Waals surface area contributed by atoms with Gasteiger partial charge in [0, 0.05) is 17.5 Å². The van der Waals surface area contributed by atoms with Crippen LogP contribution in [0.25, 0.3) is 0 Å². The molecule has 0 spiro atoms. The van der Waals surface area contributed by atoms with Gasteiger partial charge in [0.25, 0.3) is 6.43 Å². The van der Waals surface area contributed by atoms with Gasteiger partial charge in [0.1, 0.15) is 0 Å². The Morgan fingerprint density at radius 3 is 2.71 bits per heavy atom. The maximum atomic E-state index is 13.0. The van der Waals surface area contributed by atoms with Gasteiger partial charge in [0.15, 0.2) is 0 Å². The van der Waals surface area contributed by atoms with Crippen molar-refractivity contribution in [1.29, 1.82) is 0 Å². The van der Waals surface area contributed by atoms with E-state index in [1.807, 2.05) is 0 Å². The van der Waals surface area contributed by atoms with Gasteiger partial charge in [-0.25, -0.2) is 13.8 Å². The van der Waals surface area contributed by atoms with Gasteiger partial charge < -0.3 is 4.74 Å². The molecule has 0 aliphatic carbocycles. The first-order valence-electron chi connectivity index (χ1n) is 4.58. The number of hydrogen-bond acceptors (Lipinski definition) is 3. The fraction of sp³-hybridized carbons (Fsp3) is 0.400. The minimum Gasteiger partial charge on any atom is -0.469 e. The van der Waals surface area contributed by atoms with E-state index in [2.05, 4.69) is 9.72 Å². The van der Waals surface area contributed by atoms with Crippen LogP contribution in [0.15, 0.2) is 6.07 Å². The summed E-state index contributed by atoms with van der Waals surface area (Å²) >= 11 is 5.51. The van der Waals surface area contributed by atoms with E-state index in [1.54, 1.807) is 0 Å². The quantitative estimate of drug-likeness (QED) is 0.478. The average molecular weight is 268 g/mol. The van der Waals surface area contributed by atoms with Gasteiger partial charge in [-0.15, -0.1) is 11.6 Å². The minimum absolute atomic E-state index is 0.0338. The van der Waals surface area contributed by atoms with Gasteiger partial charge in [0.05, 0.1) is 19.2 Å². The summed E-state index contributed by atoms with van der Waals surface area (Å²) in [5.74, 6) is -2.05. The highest BCUT2D eigenvalue weighted by Gasteiger charge is 2.20. The van der Waals surface area contributed by atoms with E-state index in [9.17, 15) is 18.0 Å². The van der Waals surface area contributed by atoms with Crippen molar-refractivity contribution < 1.29 is 22.7 Å². The third kappa shape index (κ3) is 3.33. The molecule has 17 heavy (non-hydrogen) atoms. The summed E-state index contributed by atoms with van der Waals surface area (Å²) in [6.07, 6.45) is -3.27. The molecule has 1 heterocycles. The molecule has 1 aromatic heterocycles. The van der Waals surface area contributed by atoms with E-state index >= 15 is 0 Å². The first-order valence-corrected chi connectivity index (χ1v) is 5.12. The monoisotopic (exact) mass is 267 g/mol. The summed E-state index contributed by atoms with van der Waals surface area (Å²) in [4.78, 5) is 14.4. The molecule has 7 heteroatoms. The third-order valence-corrected chi connectivity index (χ3v) is 2.39. The topological polar surface area (TPSA) is 39.2 Å². The number of ether oxygens (including phenoxy) is 1. The summed E-state index contributed by atoms with van der Waals surface area (Å²) < 4.78 is 42.6. The lowest BCUT2D eigenvalue weighted by Gasteiger charge is -2.11. The Labute approximate surface area is 101 Å². The zero-order valence-corrected chi connectivity index (χ0v) is 9.60. The second kappa shape index (κ2) is 5.86. The average Bonchev–Trinajstić information content (AvgIpc) is 2.28. The zero-order chi connectivity index (χ0) is 13.0. The number of methoxy groups -OCH3 is 1. The molecule has 0 radical (unpaired) electrons. The summed E-state index contributed by atoms with van der Waals surface area (Å²) in [5, 5.41) is 0. The minimum atomic E-state index is -2.88. The molecule has 94 valence electrons. The summed E-state index contributed by atoms with van der Waals surface area (Å²) in [5.41, 5.74) is -0.706. The van der Waals surface area contributed by atoms with Gasteiger partial charge in [-0.2, -0.15) is 4.39 Å². The van der Waals surface area contributed by atoms with Crippen LogP contribution in [-0.4, -0.2) is 18.1 Å². The Kier molecular flexibility index (Phi) is 4.74. The number of nitrogens with zero attached hydrogens (tertiary/aromatic N) is 1. The van der Waals surface area contributed by atoms with Crippen LogP contribution < -0.4 is 0 Å². The molecule has 0 bridgehead atoms. The molecule has 0 unspecified atom stereocenters. The van der Waals surface area contributed by atoms with Crippen molar-refractivity contribution in [2.75, 3.05) is 7.11 Å². The molecule has 0 saturated heterocycles. The van der Waals surface area contributed by atoms with E-state index in [4.69, 9.17) is 11.6 Å². The maximum absolute atomic E-state index is 13.0. The van der Waals surface area contributed by atoms with Gasteiger partial charge in [-0.3, -0.25) is 4.79 Å². The Hall–Kier alpha value is -1.30. The predicted molar refractivity (Wildman–Crippen MR) is 54.4 cm³/mol. The van der Waals surface area contributed by atoms with Crippen LogP contribution in [-0.2, 0) is 21.8 Å². The molecule has 0 amide bonds. The first kappa shape index (κ1) is 13.8. The normalized spacial score (nSPS) is 10.7. The molecule has 0 aliphatic rings. The number of carbonyl (C=O) groups is 1. The summed E-state index contributed by atoms with van der Waals surface area (Å²) in [6, 6.07) is 0.614. The van der Waals surface area contributed by atoms with Crippen molar-refractivity contribution in [3.05, 3.63) is 28.8 Å². The second-order valence-electron chi connectivity index (χ2n) is 3.15. The summed E-state index contributed by atoms with van der Waals surface area (Å²) in [7, 11) is 1.13. The van der Waals surface area contributed by atoms with Crippen molar-refractivity contribution in [3.63, 3.8) is 0 Å². The molecular weight excluding hydrogens is 259 g/mol. The number of rotatable bonds is 4. The van der Waals surface area contributed by atoms with Gasteiger partial charge in [-0.1, -0.05) is 0 Å². The molecule has 0 atom stereocenters. The fourth-order valence-corrected chi connectivity index (χ4v) is 1.62. The Morgan fingerprint density at radius 1 is 1.59 bits per heavy atom. The van der Waals surface area contributed by atoms with Crippen LogP contribution in [0.4, 0.5) is 13.2 Å². The van der Waals surface area contributed by atoms with Crippen molar-refractivity contribution >= 4 is 17.6 Å². The van der Waals surface area contributed by atoms with E-state index in [-0.39, 0.29) is 17.1 Å². The van der Waals surface area contributed by atoms with E-state index in [0.717, 1.165) is 7.11 Å². The lowest BCUT2D eigenvalue weighted by Crippen LogP contribution is -2.11. The van der Waals surface area contributed by atoms with E-state index < -0.39 is 30.3 Å². The molecule has 1 rings (SSSR count). The highest BCUT2D eigenvalue weighted by Crippen LogP contribution is 2.27. The van der Waals surface area contributed by atoms with Crippen molar-refractivity contribution in [3.8, 4) is 0 Å². The van der Waals surface area contributed by atoms with Crippen LogP contribution in [0, 0.1) is 5.95 Å². The first-order chi connectivity index (χ1) is 7.99. The number of hydrogen-bond donors (Lipinski definition) is 0. The van der Waals surface area contributed by atoms with Crippen LogP contribution in [0.5, 0.6) is 0 Å². The van der Waals surface area contributed by atoms with Crippen molar-refractivity contribution in [2.24, 2.45) is 0 Å². The van der Waals surface area contributed by atoms with Gasteiger partial charge in [0.2, 0.25) is 5.95 Å². The molecule has 1 aromatic rings. The van der Waals surface area contributed by atoms with Crippen LogP contribution in [0.1, 0.15) is 23.2 Å². The lowest BCUT2D eigenvalue weighted by molar-refractivity contribution is -0.139. The number of halogens is 4. The zero-order valence-electron chi connectivity index (χ0n) is 8.84. The Bertz CT molecular complexity index is 426. The van der Waals surface area contributed by atoms with E-state index in [0.29, 0.717) is 6.07 Å². The molecular formula is C10H9ClF3NO2. The predicted octanol–water partition coefficient (Wildman–Crippen LogP) is 2.61.